The SMILES string of the molecule is CC(C)P(c1c(C2CCCCC2)nn(C)c1C1CCCCC1)C(C)C. The van der Waals surface area contributed by atoms with Gasteiger partial charge in [0.25, 0.3) is 0 Å². The van der Waals surface area contributed by atoms with Crippen LogP contribution in [0.2, 0.25) is 0 Å². The lowest BCUT2D eigenvalue weighted by Crippen LogP contribution is -2.25. The average molecular weight is 363 g/mol. The summed E-state index contributed by atoms with van der Waals surface area (Å²) in [5, 5.41) is 6.98. The van der Waals surface area contributed by atoms with Gasteiger partial charge in [0.05, 0.1) is 5.69 Å². The second-order valence-electron chi connectivity index (χ2n) is 9.01. The molecule has 0 aliphatic heterocycles. The van der Waals surface area contributed by atoms with Crippen molar-refractivity contribution >= 4 is 13.2 Å². The number of aryl methyl sites for hydroxylation is 1. The summed E-state index contributed by atoms with van der Waals surface area (Å²) in [4.78, 5) is 0. The van der Waals surface area contributed by atoms with Gasteiger partial charge in [-0.05, 0) is 37.0 Å². The Hall–Kier alpha value is -0.360. The third-order valence-corrected chi connectivity index (χ3v) is 9.65. The molecule has 0 aromatic carbocycles. The maximum atomic E-state index is 5.23. The van der Waals surface area contributed by atoms with Crippen LogP contribution in [0.3, 0.4) is 0 Å². The average Bonchev–Trinajstić information content (AvgIpc) is 2.93. The molecule has 3 heteroatoms. The van der Waals surface area contributed by atoms with E-state index in [2.05, 4.69) is 39.4 Å². The van der Waals surface area contributed by atoms with E-state index in [1.165, 1.54) is 69.9 Å². The van der Waals surface area contributed by atoms with Crippen LogP contribution in [0, 0.1) is 0 Å². The van der Waals surface area contributed by atoms with E-state index in [1.807, 2.05) is 0 Å². The molecule has 2 aliphatic rings. The van der Waals surface area contributed by atoms with Crippen molar-refractivity contribution in [3.63, 3.8) is 0 Å². The van der Waals surface area contributed by atoms with Crippen LogP contribution >= 0.6 is 7.92 Å². The predicted octanol–water partition coefficient (Wildman–Crippen LogP) is 6.44. The number of hydrogen-bond donors (Lipinski definition) is 0. The van der Waals surface area contributed by atoms with Crippen molar-refractivity contribution in [3.8, 4) is 0 Å². The van der Waals surface area contributed by atoms with Crippen molar-refractivity contribution in [2.75, 3.05) is 0 Å². The zero-order valence-corrected chi connectivity index (χ0v) is 18.1. The Labute approximate surface area is 156 Å². The molecule has 1 aromatic rings. The van der Waals surface area contributed by atoms with E-state index in [9.17, 15) is 0 Å². The largest absolute Gasteiger partial charge is 0.271 e. The molecule has 0 radical (unpaired) electrons. The first-order chi connectivity index (χ1) is 12.0. The fraction of sp³-hybridized carbons (Fsp3) is 0.864. The Kier molecular flexibility index (Phi) is 6.64. The van der Waals surface area contributed by atoms with Crippen LogP contribution in [0.1, 0.15) is 115 Å². The lowest BCUT2D eigenvalue weighted by atomic mass is 9.84. The van der Waals surface area contributed by atoms with Crippen LogP contribution in [0.5, 0.6) is 0 Å². The molecule has 3 rings (SSSR count). The quantitative estimate of drug-likeness (QED) is 0.551. The van der Waals surface area contributed by atoms with E-state index in [4.69, 9.17) is 5.10 Å². The van der Waals surface area contributed by atoms with Gasteiger partial charge in [0.15, 0.2) is 0 Å². The second-order valence-corrected chi connectivity index (χ2v) is 12.3. The molecule has 2 fully saturated rings. The van der Waals surface area contributed by atoms with Gasteiger partial charge < -0.3 is 0 Å². The number of hydrogen-bond acceptors (Lipinski definition) is 1. The Bertz CT molecular complexity index is 541. The summed E-state index contributed by atoms with van der Waals surface area (Å²) in [5.41, 5.74) is 4.68. The molecule has 2 nitrogen and oxygen atoms in total. The predicted molar refractivity (Wildman–Crippen MR) is 112 cm³/mol. The van der Waals surface area contributed by atoms with Gasteiger partial charge in [-0.25, -0.2) is 0 Å². The molecule has 0 N–H and O–H groups in total. The van der Waals surface area contributed by atoms with Crippen molar-refractivity contribution in [2.24, 2.45) is 7.05 Å². The van der Waals surface area contributed by atoms with E-state index < -0.39 is 0 Å². The van der Waals surface area contributed by atoms with Crippen LogP contribution in [0.4, 0.5) is 0 Å². The van der Waals surface area contributed by atoms with Gasteiger partial charge >= 0.3 is 0 Å². The van der Waals surface area contributed by atoms with Gasteiger partial charge in [-0.2, -0.15) is 5.10 Å². The third-order valence-electron chi connectivity index (χ3n) is 6.45. The lowest BCUT2D eigenvalue weighted by molar-refractivity contribution is 0.422. The van der Waals surface area contributed by atoms with Crippen LogP contribution < -0.4 is 5.30 Å². The Morgan fingerprint density at radius 1 is 0.800 bits per heavy atom. The minimum Gasteiger partial charge on any atom is -0.271 e. The van der Waals surface area contributed by atoms with Gasteiger partial charge in [-0.15, -0.1) is 0 Å². The monoisotopic (exact) mass is 362 g/mol. The van der Waals surface area contributed by atoms with E-state index in [-0.39, 0.29) is 7.92 Å². The highest BCUT2D eigenvalue weighted by Crippen LogP contribution is 2.50. The molecule has 0 unspecified atom stereocenters. The first kappa shape index (κ1) is 19.4. The van der Waals surface area contributed by atoms with E-state index in [1.54, 1.807) is 11.0 Å². The molecule has 142 valence electrons. The van der Waals surface area contributed by atoms with Crippen molar-refractivity contribution in [1.82, 2.24) is 9.78 Å². The van der Waals surface area contributed by atoms with Crippen LogP contribution in [0.15, 0.2) is 0 Å². The molecule has 2 aliphatic carbocycles. The smallest absolute Gasteiger partial charge is 0.0735 e. The fourth-order valence-electron chi connectivity index (χ4n) is 5.41. The van der Waals surface area contributed by atoms with Gasteiger partial charge in [-0.3, -0.25) is 4.68 Å². The molecule has 0 spiro atoms. The van der Waals surface area contributed by atoms with Gasteiger partial charge in [-0.1, -0.05) is 74.1 Å². The minimum absolute atomic E-state index is 0.127. The summed E-state index contributed by atoms with van der Waals surface area (Å²) in [7, 11) is 2.12. The van der Waals surface area contributed by atoms with E-state index in [0.29, 0.717) is 0 Å². The molecule has 0 saturated heterocycles. The zero-order valence-electron chi connectivity index (χ0n) is 17.2. The highest BCUT2D eigenvalue weighted by Gasteiger charge is 2.35. The summed E-state index contributed by atoms with van der Waals surface area (Å²) in [6.07, 6.45) is 14.0. The Morgan fingerprint density at radius 2 is 1.28 bits per heavy atom. The molecular formula is C22H39N2P. The van der Waals surface area contributed by atoms with Crippen molar-refractivity contribution in [3.05, 3.63) is 11.4 Å². The van der Waals surface area contributed by atoms with Crippen molar-refractivity contribution in [1.29, 1.82) is 0 Å². The highest BCUT2D eigenvalue weighted by molar-refractivity contribution is 7.67. The maximum Gasteiger partial charge on any atom is 0.0735 e. The standard InChI is InChI=1S/C22H39N2P/c1-16(2)25(17(3)4)22-20(18-12-8-6-9-13-18)23-24(5)21(22)19-14-10-7-11-15-19/h16-19H,6-15H2,1-5H3. The van der Waals surface area contributed by atoms with Crippen molar-refractivity contribution < 1.29 is 0 Å². The van der Waals surface area contributed by atoms with Gasteiger partial charge in [0.2, 0.25) is 0 Å². The number of aromatic nitrogens is 2. The molecule has 0 atom stereocenters. The normalized spacial score (nSPS) is 21.0. The van der Waals surface area contributed by atoms with Gasteiger partial charge in [0.1, 0.15) is 0 Å². The highest BCUT2D eigenvalue weighted by atomic mass is 31.1. The number of rotatable bonds is 5. The molecule has 1 heterocycles. The molecule has 2 saturated carbocycles. The maximum absolute atomic E-state index is 5.23. The van der Waals surface area contributed by atoms with Gasteiger partial charge in [0, 0.05) is 29.9 Å². The zero-order chi connectivity index (χ0) is 18.0. The summed E-state index contributed by atoms with van der Waals surface area (Å²) < 4.78 is 2.33. The minimum atomic E-state index is -0.127. The Morgan fingerprint density at radius 3 is 1.76 bits per heavy atom. The fourth-order valence-corrected chi connectivity index (χ4v) is 8.72. The summed E-state index contributed by atoms with van der Waals surface area (Å²) >= 11 is 0. The first-order valence-electron chi connectivity index (χ1n) is 10.9. The van der Waals surface area contributed by atoms with E-state index in [0.717, 1.165) is 23.2 Å². The summed E-state index contributed by atoms with van der Waals surface area (Å²) in [6, 6.07) is 0. The molecule has 25 heavy (non-hydrogen) atoms. The third kappa shape index (κ3) is 4.15. The van der Waals surface area contributed by atoms with Crippen LogP contribution in [-0.2, 0) is 7.05 Å². The number of nitrogens with zero attached hydrogens (tertiary/aromatic N) is 2. The first-order valence-corrected chi connectivity index (χ1v) is 12.3. The molecule has 1 aromatic heterocycles. The Balaban J connectivity index is 2.07. The second kappa shape index (κ2) is 8.55. The van der Waals surface area contributed by atoms with E-state index >= 15 is 0 Å². The molecule has 0 bridgehead atoms. The summed E-state index contributed by atoms with van der Waals surface area (Å²) in [5.74, 6) is 1.50. The topological polar surface area (TPSA) is 17.8 Å². The van der Waals surface area contributed by atoms with Crippen molar-refractivity contribution in [2.45, 2.75) is 115 Å². The van der Waals surface area contributed by atoms with Crippen LogP contribution in [0.25, 0.3) is 0 Å². The van der Waals surface area contributed by atoms with Crippen LogP contribution in [-0.4, -0.2) is 21.1 Å². The lowest BCUT2D eigenvalue weighted by Gasteiger charge is -2.32. The molecular weight excluding hydrogens is 323 g/mol. The molecule has 0 amide bonds. The summed E-state index contributed by atoms with van der Waals surface area (Å²) in [6.45, 7) is 9.81.